The summed E-state index contributed by atoms with van der Waals surface area (Å²) in [6.45, 7) is 1.94. The van der Waals surface area contributed by atoms with Gasteiger partial charge >= 0.3 is 5.97 Å². The van der Waals surface area contributed by atoms with Crippen LogP contribution in [0.4, 0.5) is 0 Å². The molecule has 0 spiro atoms. The number of rotatable bonds is 7. The van der Waals surface area contributed by atoms with E-state index in [9.17, 15) is 4.79 Å². The van der Waals surface area contributed by atoms with Crippen LogP contribution >= 0.6 is 0 Å². The predicted octanol–water partition coefficient (Wildman–Crippen LogP) is -1.91. The summed E-state index contributed by atoms with van der Waals surface area (Å²) in [5.41, 5.74) is -0.433. The zero-order valence-electron chi connectivity index (χ0n) is 8.65. The van der Waals surface area contributed by atoms with E-state index >= 15 is 0 Å². The summed E-state index contributed by atoms with van der Waals surface area (Å²) >= 11 is 0. The van der Waals surface area contributed by atoms with Crippen LogP contribution in [0.1, 0.15) is 6.42 Å². The van der Waals surface area contributed by atoms with E-state index in [1.54, 1.807) is 0 Å². The number of β-amino-alcohol motifs (C(OH)–C–C–N with tert-alkyl or cyclic N) is 2. The molecule has 1 fully saturated rings. The van der Waals surface area contributed by atoms with Crippen molar-refractivity contribution < 1.29 is 20.1 Å². The molecule has 0 bridgehead atoms. The average molecular weight is 218 g/mol. The summed E-state index contributed by atoms with van der Waals surface area (Å²) in [6, 6.07) is 0. The van der Waals surface area contributed by atoms with Crippen molar-refractivity contribution in [1.29, 1.82) is 0 Å². The van der Waals surface area contributed by atoms with Crippen LogP contribution in [0.15, 0.2) is 0 Å². The van der Waals surface area contributed by atoms with Gasteiger partial charge in [0.1, 0.15) is 0 Å². The van der Waals surface area contributed by atoms with Gasteiger partial charge in [0.15, 0.2) is 0 Å². The zero-order chi connectivity index (χ0) is 11.3. The van der Waals surface area contributed by atoms with Crippen molar-refractivity contribution in [3.63, 3.8) is 0 Å². The molecular formula is C9H18N2O4. The fourth-order valence-electron chi connectivity index (χ4n) is 1.98. The highest BCUT2D eigenvalue weighted by atomic mass is 16.4. The van der Waals surface area contributed by atoms with Crippen LogP contribution < -0.4 is 5.32 Å². The number of aliphatic hydroxyl groups excluding tert-OH is 2. The summed E-state index contributed by atoms with van der Waals surface area (Å²) in [7, 11) is 0. The lowest BCUT2D eigenvalue weighted by Crippen LogP contribution is -2.70. The quantitative estimate of drug-likeness (QED) is 0.398. The standard InChI is InChI=1S/C9H18N2O4/c12-3-1-11(2-4-13)9(5-8(14)15)6-10-7-9/h10,12-13H,1-7H2,(H,14,15). The molecule has 0 atom stereocenters. The second-order valence-electron chi connectivity index (χ2n) is 3.83. The lowest BCUT2D eigenvalue weighted by Gasteiger charge is -2.49. The molecule has 0 aromatic heterocycles. The fourth-order valence-corrected chi connectivity index (χ4v) is 1.98. The Morgan fingerprint density at radius 1 is 1.27 bits per heavy atom. The van der Waals surface area contributed by atoms with E-state index in [0.29, 0.717) is 26.2 Å². The Kier molecular flexibility index (Phi) is 4.46. The lowest BCUT2D eigenvalue weighted by atomic mass is 9.86. The average Bonchev–Trinajstić information content (AvgIpc) is 2.11. The highest BCUT2D eigenvalue weighted by Crippen LogP contribution is 2.24. The van der Waals surface area contributed by atoms with Gasteiger partial charge in [-0.15, -0.1) is 0 Å². The normalized spacial score (nSPS) is 18.9. The van der Waals surface area contributed by atoms with Crippen molar-refractivity contribution in [2.24, 2.45) is 0 Å². The molecule has 1 aliphatic heterocycles. The Bertz CT molecular complexity index is 212. The number of aliphatic hydroxyl groups is 2. The highest BCUT2D eigenvalue weighted by molar-refractivity contribution is 5.68. The molecule has 1 heterocycles. The largest absolute Gasteiger partial charge is 0.481 e. The number of carboxylic acids is 1. The number of carbonyl (C=O) groups is 1. The van der Waals surface area contributed by atoms with Crippen molar-refractivity contribution in [1.82, 2.24) is 10.2 Å². The Hall–Kier alpha value is -0.690. The minimum Gasteiger partial charge on any atom is -0.481 e. The molecule has 0 aliphatic carbocycles. The van der Waals surface area contributed by atoms with Gasteiger partial charge in [0, 0.05) is 26.2 Å². The van der Waals surface area contributed by atoms with E-state index in [1.807, 2.05) is 4.90 Å². The molecule has 1 saturated heterocycles. The van der Waals surface area contributed by atoms with Gasteiger partial charge in [-0.2, -0.15) is 0 Å². The van der Waals surface area contributed by atoms with Crippen molar-refractivity contribution in [3.8, 4) is 0 Å². The molecule has 0 saturated carbocycles. The molecule has 0 aromatic rings. The number of hydrogen-bond donors (Lipinski definition) is 4. The van der Waals surface area contributed by atoms with Gasteiger partial charge < -0.3 is 20.6 Å². The van der Waals surface area contributed by atoms with Gasteiger partial charge in [0.2, 0.25) is 0 Å². The Morgan fingerprint density at radius 2 is 1.80 bits per heavy atom. The monoisotopic (exact) mass is 218 g/mol. The molecule has 88 valence electrons. The number of nitrogens with one attached hydrogen (secondary N) is 1. The van der Waals surface area contributed by atoms with Crippen LogP contribution in [-0.4, -0.2) is 71.1 Å². The number of aliphatic carboxylic acids is 1. The van der Waals surface area contributed by atoms with Gasteiger partial charge in [-0.3, -0.25) is 9.69 Å². The van der Waals surface area contributed by atoms with Crippen LogP contribution in [0.5, 0.6) is 0 Å². The molecule has 0 amide bonds. The van der Waals surface area contributed by atoms with E-state index in [-0.39, 0.29) is 19.6 Å². The van der Waals surface area contributed by atoms with E-state index in [4.69, 9.17) is 15.3 Å². The number of nitrogens with zero attached hydrogens (tertiary/aromatic N) is 1. The molecule has 6 nitrogen and oxygen atoms in total. The Labute approximate surface area is 88.5 Å². The van der Waals surface area contributed by atoms with Gasteiger partial charge in [-0.05, 0) is 0 Å². The van der Waals surface area contributed by atoms with Crippen LogP contribution in [0, 0.1) is 0 Å². The van der Waals surface area contributed by atoms with Crippen LogP contribution in [0.25, 0.3) is 0 Å². The molecule has 15 heavy (non-hydrogen) atoms. The predicted molar refractivity (Wildman–Crippen MR) is 53.6 cm³/mol. The molecule has 6 heteroatoms. The molecule has 0 radical (unpaired) electrons. The number of hydrogen-bond acceptors (Lipinski definition) is 5. The summed E-state index contributed by atoms with van der Waals surface area (Å²) < 4.78 is 0. The zero-order valence-corrected chi connectivity index (χ0v) is 8.65. The summed E-state index contributed by atoms with van der Waals surface area (Å²) in [6.07, 6.45) is 0.0417. The maximum absolute atomic E-state index is 10.7. The minimum absolute atomic E-state index is 0.0264. The first kappa shape index (κ1) is 12.4. The molecule has 4 N–H and O–H groups in total. The Balaban J connectivity index is 2.62. The molecule has 0 aromatic carbocycles. The van der Waals surface area contributed by atoms with Crippen LogP contribution in [0.3, 0.4) is 0 Å². The first-order valence-electron chi connectivity index (χ1n) is 5.04. The maximum atomic E-state index is 10.7. The maximum Gasteiger partial charge on any atom is 0.305 e. The lowest BCUT2D eigenvalue weighted by molar-refractivity contribution is -0.142. The van der Waals surface area contributed by atoms with Gasteiger partial charge in [0.25, 0.3) is 0 Å². The summed E-state index contributed by atoms with van der Waals surface area (Å²) in [5.74, 6) is -0.850. The van der Waals surface area contributed by atoms with E-state index in [1.165, 1.54) is 0 Å². The van der Waals surface area contributed by atoms with Crippen molar-refractivity contribution in [3.05, 3.63) is 0 Å². The topological polar surface area (TPSA) is 93.0 Å². The van der Waals surface area contributed by atoms with Crippen molar-refractivity contribution >= 4 is 5.97 Å². The third-order valence-corrected chi connectivity index (χ3v) is 2.80. The highest BCUT2D eigenvalue weighted by Gasteiger charge is 2.43. The van der Waals surface area contributed by atoms with Gasteiger partial charge in [-0.25, -0.2) is 0 Å². The van der Waals surface area contributed by atoms with E-state index in [2.05, 4.69) is 5.32 Å². The second-order valence-corrected chi connectivity index (χ2v) is 3.83. The fraction of sp³-hybridized carbons (Fsp3) is 0.889. The SMILES string of the molecule is O=C(O)CC1(N(CCO)CCO)CNC1. The van der Waals surface area contributed by atoms with E-state index < -0.39 is 11.5 Å². The molecule has 0 unspecified atom stereocenters. The van der Waals surface area contributed by atoms with E-state index in [0.717, 1.165) is 0 Å². The van der Waals surface area contributed by atoms with Crippen molar-refractivity contribution in [2.75, 3.05) is 39.4 Å². The second kappa shape index (κ2) is 5.41. The summed E-state index contributed by atoms with van der Waals surface area (Å²) in [5, 5.41) is 29.6. The molecular weight excluding hydrogens is 200 g/mol. The van der Waals surface area contributed by atoms with Gasteiger partial charge in [0.05, 0.1) is 25.2 Å². The Morgan fingerprint density at radius 3 is 2.07 bits per heavy atom. The minimum atomic E-state index is -0.850. The number of carboxylic acid groups (broad SMARTS) is 1. The van der Waals surface area contributed by atoms with Crippen molar-refractivity contribution in [2.45, 2.75) is 12.0 Å². The summed E-state index contributed by atoms with van der Waals surface area (Å²) in [4.78, 5) is 12.6. The van der Waals surface area contributed by atoms with Crippen LogP contribution in [0.2, 0.25) is 0 Å². The first-order valence-corrected chi connectivity index (χ1v) is 5.04. The van der Waals surface area contributed by atoms with Gasteiger partial charge in [-0.1, -0.05) is 0 Å². The third-order valence-electron chi connectivity index (χ3n) is 2.80. The van der Waals surface area contributed by atoms with Crippen LogP contribution in [-0.2, 0) is 4.79 Å². The molecule has 1 aliphatic rings. The smallest absolute Gasteiger partial charge is 0.305 e. The first-order chi connectivity index (χ1) is 7.14. The third kappa shape index (κ3) is 2.88. The molecule has 1 rings (SSSR count).